The Labute approximate surface area is 254 Å². The number of pyridine rings is 1. The fourth-order valence-corrected chi connectivity index (χ4v) is 7.03. The van der Waals surface area contributed by atoms with E-state index in [4.69, 9.17) is 18.0 Å². The predicted molar refractivity (Wildman–Crippen MR) is 179 cm³/mol. The average molecular weight is 552 g/mol. The molecular formula is C41H45N. The van der Waals surface area contributed by atoms with Crippen LogP contribution in [0.4, 0.5) is 0 Å². The molecule has 5 rings (SSSR count). The Hall–Kier alpha value is -3.89. The van der Waals surface area contributed by atoms with Crippen molar-refractivity contribution in [2.75, 3.05) is 0 Å². The van der Waals surface area contributed by atoms with Crippen molar-refractivity contribution in [1.29, 1.82) is 0 Å². The first-order chi connectivity index (χ1) is 20.3. The molecule has 3 aromatic rings. The smallest absolute Gasteiger partial charge is 0.0435 e. The molecule has 2 aliphatic carbocycles. The van der Waals surface area contributed by atoms with Gasteiger partial charge >= 0.3 is 0 Å². The van der Waals surface area contributed by atoms with Gasteiger partial charge in [-0.2, -0.15) is 0 Å². The molecule has 1 nitrogen and oxygen atoms in total. The number of nitrogens with zero attached hydrogens (tertiary/aromatic N) is 1. The van der Waals surface area contributed by atoms with E-state index >= 15 is 0 Å². The zero-order valence-corrected chi connectivity index (χ0v) is 25.6. The lowest BCUT2D eigenvalue weighted by Crippen LogP contribution is -2.26. The van der Waals surface area contributed by atoms with Crippen molar-refractivity contribution < 1.29 is 0 Å². The van der Waals surface area contributed by atoms with Crippen LogP contribution in [-0.2, 0) is 6.42 Å². The third-order valence-corrected chi connectivity index (χ3v) is 9.93. The van der Waals surface area contributed by atoms with E-state index in [-0.39, 0.29) is 0 Å². The predicted octanol–water partition coefficient (Wildman–Crippen LogP) is 10.3. The molecule has 2 aliphatic rings. The van der Waals surface area contributed by atoms with E-state index in [1.54, 1.807) is 0 Å². The van der Waals surface area contributed by atoms with Crippen LogP contribution in [0.1, 0.15) is 86.2 Å². The topological polar surface area (TPSA) is 12.9 Å². The van der Waals surface area contributed by atoms with Gasteiger partial charge in [0.05, 0.1) is 0 Å². The Kier molecular flexibility index (Phi) is 9.44. The molecule has 4 unspecified atom stereocenters. The third kappa shape index (κ3) is 6.77. The standard InChI is InChI=1S/C41H45N/c1-7-33-14-24-40(42-27-33)32(6)35-16-20-37(21-17-35)41(31(5)30(4)25-34-11-9-8-10-12-34)38-22-18-36(19-23-38)39-15-13-28(2)29(3)26-39/h1,8-15,18-19,22-24,26-27,29-30,32,35,37,41H,2,5,16-17,20-21,25H2,3-4,6H3. The summed E-state index contributed by atoms with van der Waals surface area (Å²) in [7, 11) is 0. The second kappa shape index (κ2) is 13.4. The first-order valence-electron chi connectivity index (χ1n) is 15.7. The molecule has 1 fully saturated rings. The number of aromatic nitrogens is 1. The molecule has 0 aliphatic heterocycles. The van der Waals surface area contributed by atoms with Crippen molar-refractivity contribution in [2.45, 2.75) is 64.7 Å². The van der Waals surface area contributed by atoms with Gasteiger partial charge in [0.25, 0.3) is 0 Å². The van der Waals surface area contributed by atoms with E-state index in [2.05, 4.69) is 112 Å². The first kappa shape index (κ1) is 29.6. The van der Waals surface area contributed by atoms with E-state index in [9.17, 15) is 0 Å². The van der Waals surface area contributed by atoms with Gasteiger partial charge in [-0.15, -0.1) is 6.42 Å². The van der Waals surface area contributed by atoms with Gasteiger partial charge < -0.3 is 0 Å². The van der Waals surface area contributed by atoms with Crippen LogP contribution in [0.15, 0.2) is 115 Å². The summed E-state index contributed by atoms with van der Waals surface area (Å²) >= 11 is 0. The van der Waals surface area contributed by atoms with Gasteiger partial charge in [0, 0.05) is 29.3 Å². The highest BCUT2D eigenvalue weighted by molar-refractivity contribution is 5.77. The van der Waals surface area contributed by atoms with Crippen molar-refractivity contribution in [2.24, 2.45) is 23.7 Å². The van der Waals surface area contributed by atoms with Crippen LogP contribution in [0.2, 0.25) is 0 Å². The van der Waals surface area contributed by atoms with E-state index in [1.807, 2.05) is 12.3 Å². The Morgan fingerprint density at radius 1 is 0.929 bits per heavy atom. The van der Waals surface area contributed by atoms with Crippen LogP contribution in [0.25, 0.3) is 5.57 Å². The van der Waals surface area contributed by atoms with Gasteiger partial charge in [-0.05, 0) is 95.7 Å². The molecule has 214 valence electrons. The number of rotatable bonds is 9. The van der Waals surface area contributed by atoms with Crippen molar-refractivity contribution >= 4 is 5.57 Å². The Morgan fingerprint density at radius 2 is 1.62 bits per heavy atom. The van der Waals surface area contributed by atoms with Crippen LogP contribution in [-0.4, -0.2) is 4.98 Å². The van der Waals surface area contributed by atoms with E-state index in [0.29, 0.717) is 35.5 Å². The van der Waals surface area contributed by atoms with Crippen molar-refractivity contribution in [1.82, 2.24) is 4.98 Å². The number of benzene rings is 2. The molecule has 0 spiro atoms. The fourth-order valence-electron chi connectivity index (χ4n) is 7.03. The second-order valence-corrected chi connectivity index (χ2v) is 12.7. The molecule has 0 N–H and O–H groups in total. The van der Waals surface area contributed by atoms with Crippen LogP contribution in [0, 0.1) is 36.0 Å². The highest BCUT2D eigenvalue weighted by Gasteiger charge is 2.34. The van der Waals surface area contributed by atoms with Crippen LogP contribution in [0.5, 0.6) is 0 Å². The lowest BCUT2D eigenvalue weighted by Gasteiger charge is -2.38. The zero-order chi connectivity index (χ0) is 29.6. The number of hydrogen-bond donors (Lipinski definition) is 0. The minimum absolute atomic E-state index is 0.358. The molecule has 0 radical (unpaired) electrons. The maximum atomic E-state index is 5.55. The van der Waals surface area contributed by atoms with Gasteiger partial charge in [0.2, 0.25) is 0 Å². The Bertz CT molecular complexity index is 1470. The fraction of sp³-hybridized carbons (Fsp3) is 0.341. The molecule has 4 atom stereocenters. The molecule has 0 amide bonds. The molecule has 1 heterocycles. The summed E-state index contributed by atoms with van der Waals surface area (Å²) in [4.78, 5) is 4.70. The zero-order valence-electron chi connectivity index (χ0n) is 25.6. The summed E-state index contributed by atoms with van der Waals surface area (Å²) in [6.07, 6.45) is 20.0. The minimum Gasteiger partial charge on any atom is -0.260 e. The highest BCUT2D eigenvalue weighted by atomic mass is 14.7. The van der Waals surface area contributed by atoms with Crippen molar-refractivity contribution in [3.05, 3.63) is 143 Å². The largest absolute Gasteiger partial charge is 0.260 e. The SMILES string of the molecule is C#Cc1ccc(C(C)C2CCC(C(C(=C)C(C)Cc3ccccc3)c3ccc(C4=CC(C)C(=C)C=C4)cc3)CC2)nc1. The van der Waals surface area contributed by atoms with Gasteiger partial charge in [-0.1, -0.05) is 118 Å². The Balaban J connectivity index is 1.35. The van der Waals surface area contributed by atoms with Crippen LogP contribution < -0.4 is 0 Å². The van der Waals surface area contributed by atoms with E-state index in [0.717, 1.165) is 17.7 Å². The van der Waals surface area contributed by atoms with Gasteiger partial charge in [-0.3, -0.25) is 4.98 Å². The minimum atomic E-state index is 0.358. The first-order valence-corrected chi connectivity index (χ1v) is 15.7. The molecule has 1 saturated carbocycles. The van der Waals surface area contributed by atoms with Gasteiger partial charge in [-0.25, -0.2) is 0 Å². The normalized spacial score (nSPS) is 22.5. The maximum absolute atomic E-state index is 5.55. The van der Waals surface area contributed by atoms with Crippen molar-refractivity contribution in [3.8, 4) is 12.3 Å². The summed E-state index contributed by atoms with van der Waals surface area (Å²) in [6.45, 7) is 15.9. The summed E-state index contributed by atoms with van der Waals surface area (Å²) in [5.41, 5.74) is 9.90. The van der Waals surface area contributed by atoms with Crippen LogP contribution in [0.3, 0.4) is 0 Å². The summed E-state index contributed by atoms with van der Waals surface area (Å²) < 4.78 is 0. The lowest BCUT2D eigenvalue weighted by atomic mass is 9.66. The van der Waals surface area contributed by atoms with E-state index in [1.165, 1.54) is 59.1 Å². The molecule has 1 aromatic heterocycles. The average Bonchev–Trinajstić information content (AvgIpc) is 3.03. The number of hydrogen-bond acceptors (Lipinski definition) is 1. The Morgan fingerprint density at radius 3 is 2.24 bits per heavy atom. The monoisotopic (exact) mass is 551 g/mol. The number of terminal acetylenes is 1. The quantitative estimate of drug-likeness (QED) is 0.190. The maximum Gasteiger partial charge on any atom is 0.0435 e. The molecule has 0 bridgehead atoms. The second-order valence-electron chi connectivity index (χ2n) is 12.7. The highest BCUT2D eigenvalue weighted by Crippen LogP contribution is 2.47. The van der Waals surface area contributed by atoms with Crippen molar-refractivity contribution in [3.63, 3.8) is 0 Å². The molecule has 2 aromatic carbocycles. The molecule has 42 heavy (non-hydrogen) atoms. The van der Waals surface area contributed by atoms with Crippen LogP contribution >= 0.6 is 0 Å². The molecular weight excluding hydrogens is 506 g/mol. The summed E-state index contributed by atoms with van der Waals surface area (Å²) in [6, 6.07) is 24.4. The van der Waals surface area contributed by atoms with Gasteiger partial charge in [0.15, 0.2) is 0 Å². The third-order valence-electron chi connectivity index (χ3n) is 9.93. The lowest BCUT2D eigenvalue weighted by molar-refractivity contribution is 0.227. The molecule has 1 heteroatoms. The summed E-state index contributed by atoms with van der Waals surface area (Å²) in [5.74, 6) is 5.50. The summed E-state index contributed by atoms with van der Waals surface area (Å²) in [5, 5.41) is 0. The number of allylic oxidation sites excluding steroid dienone is 6. The van der Waals surface area contributed by atoms with E-state index < -0.39 is 0 Å². The molecule has 0 saturated heterocycles. The van der Waals surface area contributed by atoms with Gasteiger partial charge in [0.1, 0.15) is 0 Å².